The van der Waals surface area contributed by atoms with Crippen LogP contribution in [0.25, 0.3) is 11.1 Å². The maximum atomic E-state index is 2.64. The zero-order chi connectivity index (χ0) is 18.0. The van der Waals surface area contributed by atoms with E-state index in [0.29, 0.717) is 0 Å². The Balaban J connectivity index is 2.22. The first-order chi connectivity index (χ1) is 11.0. The summed E-state index contributed by atoms with van der Waals surface area (Å²) in [4.78, 5) is 0. The Kier molecular flexibility index (Phi) is 5.78. The van der Waals surface area contributed by atoms with E-state index in [2.05, 4.69) is 100 Å². The topological polar surface area (TPSA) is 0 Å². The average molecular weight is 371 g/mol. The zero-order valence-electron chi connectivity index (χ0n) is 16.6. The van der Waals surface area contributed by atoms with Gasteiger partial charge in [-0.2, -0.15) is 0 Å². The third-order valence-electron chi connectivity index (χ3n) is 5.91. The number of hydrogen-bond acceptors (Lipinski definition) is 0. The van der Waals surface area contributed by atoms with Crippen molar-refractivity contribution in [3.8, 4) is 11.1 Å². The Bertz CT molecular complexity index is 650. The largest absolute Gasteiger partial charge is 0.0738 e. The van der Waals surface area contributed by atoms with Crippen LogP contribution in [-0.2, 0) is 0 Å². The highest BCUT2D eigenvalue weighted by Gasteiger charge is 2.42. The van der Waals surface area contributed by atoms with Crippen LogP contribution in [0.1, 0.15) is 0 Å². The molecule has 0 bridgehead atoms. The lowest BCUT2D eigenvalue weighted by Gasteiger charge is -2.40. The summed E-state index contributed by atoms with van der Waals surface area (Å²) in [7, 11) is -3.52. The molecule has 0 saturated heterocycles. The first kappa shape index (κ1) is 19.4. The summed E-state index contributed by atoms with van der Waals surface area (Å²) in [5.74, 6) is 0. The first-order valence-corrected chi connectivity index (χ1v) is 20.1. The molecule has 2 rings (SSSR count). The highest BCUT2D eigenvalue weighted by molar-refractivity contribution is 7.45. The van der Waals surface area contributed by atoms with Gasteiger partial charge < -0.3 is 0 Å². The molecule has 0 spiro atoms. The van der Waals surface area contributed by atoms with Crippen molar-refractivity contribution in [3.63, 3.8) is 0 Å². The van der Waals surface area contributed by atoms with Crippen molar-refractivity contribution in [2.45, 2.75) is 57.9 Å². The molecule has 3 heteroatoms. The molecular weight excluding hydrogens is 336 g/mol. The van der Waals surface area contributed by atoms with Crippen LogP contribution < -0.4 is 5.19 Å². The second kappa shape index (κ2) is 7.14. The van der Waals surface area contributed by atoms with Gasteiger partial charge in [0.2, 0.25) is 0 Å². The van der Waals surface area contributed by atoms with Gasteiger partial charge in [0.15, 0.2) is 0 Å². The second-order valence-corrected chi connectivity index (χ2v) is 31.0. The standard InChI is InChI=1S/C21H34Si3/c1-22(2,3)17-18-23(4,5)24(6,7)21-15-13-20(14-16-21)19-11-9-8-10-12-19/h8-16H,17-18H2,1-7H3. The van der Waals surface area contributed by atoms with Crippen LogP contribution in [0.4, 0.5) is 0 Å². The quantitative estimate of drug-likeness (QED) is 0.516. The van der Waals surface area contributed by atoms with E-state index < -0.39 is 23.3 Å². The summed E-state index contributed by atoms with van der Waals surface area (Å²) in [6.45, 7) is 18.1. The Labute approximate surface area is 152 Å². The third kappa shape index (κ3) is 4.58. The van der Waals surface area contributed by atoms with E-state index in [0.717, 1.165) is 0 Å². The molecule has 0 aliphatic heterocycles. The lowest BCUT2D eigenvalue weighted by atomic mass is 10.1. The molecule has 130 valence electrons. The number of hydrogen-bond donors (Lipinski definition) is 0. The SMILES string of the molecule is C[Si](C)(C)CC[Si](C)(C)[Si](C)(C)c1ccc(-c2ccccc2)cc1. The van der Waals surface area contributed by atoms with Crippen molar-refractivity contribution in [2.75, 3.05) is 0 Å². The minimum absolute atomic E-state index is 0.943. The summed E-state index contributed by atoms with van der Waals surface area (Å²) in [6.07, 6.45) is 0. The Hall–Kier alpha value is -0.909. The highest BCUT2D eigenvalue weighted by Crippen LogP contribution is 2.29. The fourth-order valence-electron chi connectivity index (χ4n) is 3.10. The molecule has 0 aliphatic carbocycles. The van der Waals surface area contributed by atoms with E-state index in [-0.39, 0.29) is 0 Å². The summed E-state index contributed by atoms with van der Waals surface area (Å²) >= 11 is 0. The first-order valence-electron chi connectivity index (χ1n) is 9.19. The maximum absolute atomic E-state index is 2.64. The van der Waals surface area contributed by atoms with Gasteiger partial charge >= 0.3 is 0 Å². The fraction of sp³-hybridized carbons (Fsp3) is 0.429. The van der Waals surface area contributed by atoms with Crippen molar-refractivity contribution in [1.82, 2.24) is 0 Å². The van der Waals surface area contributed by atoms with Crippen LogP contribution in [0.5, 0.6) is 0 Å². The van der Waals surface area contributed by atoms with Crippen LogP contribution in [0, 0.1) is 0 Å². The Morgan fingerprint density at radius 2 is 1.08 bits per heavy atom. The summed E-state index contributed by atoms with van der Waals surface area (Å²) in [5.41, 5.74) is 2.66. The molecule has 2 aromatic rings. The predicted molar refractivity (Wildman–Crippen MR) is 119 cm³/mol. The van der Waals surface area contributed by atoms with Gasteiger partial charge in [0.1, 0.15) is 0 Å². The van der Waals surface area contributed by atoms with Crippen molar-refractivity contribution in [2.24, 2.45) is 0 Å². The second-order valence-electron chi connectivity index (χ2n) is 9.51. The summed E-state index contributed by atoms with van der Waals surface area (Å²) < 4.78 is 0. The molecule has 0 atom stereocenters. The van der Waals surface area contributed by atoms with Gasteiger partial charge in [-0.15, -0.1) is 0 Å². The monoisotopic (exact) mass is 370 g/mol. The normalized spacial score (nSPS) is 13.1. The molecule has 0 amide bonds. The van der Waals surface area contributed by atoms with Crippen LogP contribution >= 0.6 is 0 Å². The molecule has 0 aliphatic rings. The molecule has 2 aromatic carbocycles. The molecule has 0 unspecified atom stereocenters. The van der Waals surface area contributed by atoms with E-state index >= 15 is 0 Å². The van der Waals surface area contributed by atoms with Gasteiger partial charge in [0.25, 0.3) is 0 Å². The minimum Gasteiger partial charge on any atom is -0.0710 e. The van der Waals surface area contributed by atoms with Crippen LogP contribution in [-0.4, -0.2) is 23.3 Å². The molecule has 0 heterocycles. The average Bonchev–Trinajstić information content (AvgIpc) is 2.53. The van der Waals surface area contributed by atoms with Crippen LogP contribution in [0.2, 0.25) is 57.9 Å². The van der Waals surface area contributed by atoms with E-state index in [4.69, 9.17) is 0 Å². The summed E-state index contributed by atoms with van der Waals surface area (Å²) in [5, 5.41) is 1.65. The smallest absolute Gasteiger partial charge is 0.0710 e. The van der Waals surface area contributed by atoms with E-state index in [1.807, 2.05) is 0 Å². The van der Waals surface area contributed by atoms with Gasteiger partial charge in [-0.3, -0.25) is 0 Å². The lowest BCUT2D eigenvalue weighted by molar-refractivity contribution is 1.29. The molecule has 0 radical (unpaired) electrons. The highest BCUT2D eigenvalue weighted by atomic mass is 29.3. The molecule has 0 saturated carbocycles. The van der Waals surface area contributed by atoms with Gasteiger partial charge in [-0.05, 0) is 11.1 Å². The van der Waals surface area contributed by atoms with Crippen LogP contribution in [0.15, 0.2) is 54.6 Å². The van der Waals surface area contributed by atoms with Gasteiger partial charge in [-0.1, -0.05) is 118 Å². The third-order valence-corrected chi connectivity index (χ3v) is 26.6. The maximum Gasteiger partial charge on any atom is 0.0738 e. The molecular formula is C21H34Si3. The van der Waals surface area contributed by atoms with Crippen LogP contribution in [0.3, 0.4) is 0 Å². The predicted octanol–water partition coefficient (Wildman–Crippen LogP) is 6.39. The van der Waals surface area contributed by atoms with Crippen molar-refractivity contribution in [3.05, 3.63) is 54.6 Å². The Morgan fingerprint density at radius 1 is 0.583 bits per heavy atom. The minimum atomic E-state index is -1.37. The zero-order valence-corrected chi connectivity index (χ0v) is 19.6. The molecule has 0 nitrogen and oxygen atoms in total. The molecule has 0 aromatic heterocycles. The van der Waals surface area contributed by atoms with E-state index in [1.165, 1.54) is 23.2 Å². The number of rotatable bonds is 6. The van der Waals surface area contributed by atoms with Crippen molar-refractivity contribution in [1.29, 1.82) is 0 Å². The molecule has 0 fully saturated rings. The fourth-order valence-corrected chi connectivity index (χ4v) is 16.9. The van der Waals surface area contributed by atoms with Crippen molar-refractivity contribution >= 4 is 28.4 Å². The molecule has 24 heavy (non-hydrogen) atoms. The number of benzene rings is 2. The van der Waals surface area contributed by atoms with Gasteiger partial charge in [0.05, 0.1) is 7.59 Å². The van der Waals surface area contributed by atoms with Gasteiger partial charge in [-0.25, -0.2) is 0 Å². The van der Waals surface area contributed by atoms with Crippen molar-refractivity contribution < 1.29 is 0 Å². The lowest BCUT2D eigenvalue weighted by Crippen LogP contribution is -2.63. The van der Waals surface area contributed by atoms with E-state index in [1.54, 1.807) is 5.19 Å². The summed E-state index contributed by atoms with van der Waals surface area (Å²) in [6, 6.07) is 23.2. The Morgan fingerprint density at radius 3 is 1.58 bits per heavy atom. The van der Waals surface area contributed by atoms with Gasteiger partial charge in [0, 0.05) is 15.7 Å². The van der Waals surface area contributed by atoms with E-state index in [9.17, 15) is 0 Å². The molecule has 0 N–H and O–H groups in total.